The fourth-order valence-corrected chi connectivity index (χ4v) is 4.51. The second-order valence-electron chi connectivity index (χ2n) is 8.81. The van der Waals surface area contributed by atoms with Gasteiger partial charge in [-0.15, -0.1) is 0 Å². The number of aliphatic carboxylic acids is 1. The molecular formula is C26H36N2O3. The topological polar surface area (TPSA) is 81.6 Å². The lowest BCUT2D eigenvalue weighted by Gasteiger charge is -2.28. The Morgan fingerprint density at radius 2 is 1.13 bits per heavy atom. The zero-order valence-corrected chi connectivity index (χ0v) is 18.2. The number of hydrogen-bond donors (Lipinski definition) is 4. The Morgan fingerprint density at radius 1 is 0.710 bits per heavy atom. The molecule has 5 nitrogen and oxygen atoms in total. The number of para-hydroxylation sites is 2. The summed E-state index contributed by atoms with van der Waals surface area (Å²) >= 11 is 0. The van der Waals surface area contributed by atoms with Crippen LogP contribution in [0.25, 0.3) is 0 Å². The van der Waals surface area contributed by atoms with Crippen molar-refractivity contribution in [1.29, 1.82) is 0 Å². The van der Waals surface area contributed by atoms with Crippen LogP contribution >= 0.6 is 0 Å². The van der Waals surface area contributed by atoms with E-state index in [4.69, 9.17) is 10.2 Å². The highest BCUT2D eigenvalue weighted by Crippen LogP contribution is 2.27. The van der Waals surface area contributed by atoms with Crippen LogP contribution in [0.1, 0.15) is 51.4 Å². The van der Waals surface area contributed by atoms with Gasteiger partial charge in [-0.25, -0.2) is 0 Å². The van der Waals surface area contributed by atoms with Crippen molar-refractivity contribution in [2.75, 3.05) is 17.2 Å². The predicted octanol–water partition coefficient (Wildman–Crippen LogP) is 5.39. The maximum atomic E-state index is 10.8. The maximum Gasteiger partial charge on any atom is 0.306 e. The molecule has 0 bridgehead atoms. The van der Waals surface area contributed by atoms with E-state index < -0.39 is 5.97 Å². The molecule has 31 heavy (non-hydrogen) atoms. The molecule has 2 aromatic rings. The molecule has 2 saturated carbocycles. The summed E-state index contributed by atoms with van der Waals surface area (Å²) in [6, 6.07) is 21.5. The Hall–Kier alpha value is -2.53. The maximum absolute atomic E-state index is 10.8. The highest BCUT2D eigenvalue weighted by Gasteiger charge is 2.25. The number of carboxylic acids is 1. The first-order valence-corrected chi connectivity index (χ1v) is 11.6. The Balaban J connectivity index is 0.000000176. The molecule has 0 amide bonds. The molecule has 0 radical (unpaired) electrons. The van der Waals surface area contributed by atoms with Crippen LogP contribution in [-0.4, -0.2) is 34.9 Å². The fraction of sp³-hybridized carbons (Fsp3) is 0.500. The first-order chi connectivity index (χ1) is 15.1. The molecule has 2 aromatic carbocycles. The fourth-order valence-electron chi connectivity index (χ4n) is 4.51. The Bertz CT molecular complexity index is 753. The van der Waals surface area contributed by atoms with Gasteiger partial charge in [-0.1, -0.05) is 36.4 Å². The summed E-state index contributed by atoms with van der Waals surface area (Å²) in [6.45, 7) is 0.359. The summed E-state index contributed by atoms with van der Waals surface area (Å²) in [7, 11) is 0. The third-order valence-electron chi connectivity index (χ3n) is 6.47. The van der Waals surface area contributed by atoms with Gasteiger partial charge in [0.1, 0.15) is 0 Å². The highest BCUT2D eigenvalue weighted by molar-refractivity contribution is 5.70. The molecular weight excluding hydrogens is 388 g/mol. The minimum absolute atomic E-state index is 0.131. The zero-order chi connectivity index (χ0) is 21.9. The van der Waals surface area contributed by atoms with Gasteiger partial charge in [-0.2, -0.15) is 0 Å². The number of aliphatic hydroxyl groups excluding tert-OH is 1. The third-order valence-corrected chi connectivity index (χ3v) is 6.47. The molecule has 2 aliphatic carbocycles. The van der Waals surface area contributed by atoms with E-state index in [1.54, 1.807) is 0 Å². The average Bonchev–Trinajstić information content (AvgIpc) is 2.82. The highest BCUT2D eigenvalue weighted by atomic mass is 16.4. The second-order valence-corrected chi connectivity index (χ2v) is 8.81. The molecule has 0 aliphatic heterocycles. The summed E-state index contributed by atoms with van der Waals surface area (Å²) in [6.07, 6.45) is 8.15. The van der Waals surface area contributed by atoms with E-state index in [0.717, 1.165) is 44.2 Å². The van der Waals surface area contributed by atoms with Gasteiger partial charge in [0.2, 0.25) is 0 Å². The summed E-state index contributed by atoms with van der Waals surface area (Å²) in [5, 5.41) is 24.9. The number of rotatable bonds is 6. The van der Waals surface area contributed by atoms with E-state index in [0.29, 0.717) is 24.6 Å². The van der Waals surface area contributed by atoms with E-state index in [9.17, 15) is 4.79 Å². The molecule has 0 atom stereocenters. The predicted molar refractivity (Wildman–Crippen MR) is 126 cm³/mol. The number of carboxylic acid groups (broad SMARTS) is 1. The van der Waals surface area contributed by atoms with E-state index in [-0.39, 0.29) is 5.92 Å². The largest absolute Gasteiger partial charge is 0.481 e. The molecule has 4 N–H and O–H groups in total. The number of hydrogen-bond acceptors (Lipinski definition) is 4. The van der Waals surface area contributed by atoms with Crippen molar-refractivity contribution in [3.63, 3.8) is 0 Å². The zero-order valence-electron chi connectivity index (χ0n) is 18.2. The quantitative estimate of drug-likeness (QED) is 0.500. The van der Waals surface area contributed by atoms with Crippen molar-refractivity contribution < 1.29 is 15.0 Å². The third kappa shape index (κ3) is 7.91. The molecule has 0 saturated heterocycles. The van der Waals surface area contributed by atoms with E-state index >= 15 is 0 Å². The number of benzene rings is 2. The Morgan fingerprint density at radius 3 is 1.52 bits per heavy atom. The lowest BCUT2D eigenvalue weighted by Crippen LogP contribution is -2.29. The van der Waals surface area contributed by atoms with Crippen LogP contribution in [0.5, 0.6) is 0 Å². The summed E-state index contributed by atoms with van der Waals surface area (Å²) in [5.74, 6) is -0.231. The summed E-state index contributed by atoms with van der Waals surface area (Å²) in [5.41, 5.74) is 2.34. The van der Waals surface area contributed by atoms with Gasteiger partial charge in [0.15, 0.2) is 0 Å². The van der Waals surface area contributed by atoms with Crippen molar-refractivity contribution in [1.82, 2.24) is 0 Å². The summed E-state index contributed by atoms with van der Waals surface area (Å²) < 4.78 is 0. The van der Waals surface area contributed by atoms with Crippen LogP contribution in [0.15, 0.2) is 60.7 Å². The van der Waals surface area contributed by atoms with Crippen molar-refractivity contribution in [3.8, 4) is 0 Å². The number of nitrogens with one attached hydrogen (secondary N) is 2. The van der Waals surface area contributed by atoms with Gasteiger partial charge in [0, 0.05) is 30.1 Å². The molecule has 4 rings (SSSR count). The van der Waals surface area contributed by atoms with Gasteiger partial charge in [-0.3, -0.25) is 4.79 Å². The van der Waals surface area contributed by atoms with Gasteiger partial charge in [0.05, 0.1) is 5.92 Å². The van der Waals surface area contributed by atoms with E-state index in [1.807, 2.05) is 36.4 Å². The van der Waals surface area contributed by atoms with Crippen molar-refractivity contribution >= 4 is 17.3 Å². The van der Waals surface area contributed by atoms with Crippen molar-refractivity contribution in [2.45, 2.75) is 63.5 Å². The molecule has 5 heteroatoms. The van der Waals surface area contributed by atoms with Crippen LogP contribution in [0.2, 0.25) is 0 Å². The van der Waals surface area contributed by atoms with Gasteiger partial charge >= 0.3 is 5.97 Å². The van der Waals surface area contributed by atoms with Crippen LogP contribution < -0.4 is 10.6 Å². The van der Waals surface area contributed by atoms with Gasteiger partial charge in [0.25, 0.3) is 0 Å². The first-order valence-electron chi connectivity index (χ1n) is 11.6. The molecule has 0 unspecified atom stereocenters. The Kier molecular flexibility index (Phi) is 9.22. The molecule has 0 heterocycles. The first kappa shape index (κ1) is 23.1. The SMILES string of the molecule is O=C(O)C1CCC(Nc2ccccc2)CC1.OCC1CCC(Nc2ccccc2)CC1. The molecule has 168 valence electrons. The number of anilines is 2. The van der Waals surface area contributed by atoms with Crippen molar-refractivity contribution in [3.05, 3.63) is 60.7 Å². The van der Waals surface area contributed by atoms with E-state index in [1.165, 1.54) is 18.5 Å². The van der Waals surface area contributed by atoms with Crippen molar-refractivity contribution in [2.24, 2.45) is 11.8 Å². The lowest BCUT2D eigenvalue weighted by atomic mass is 9.86. The Labute approximate surface area is 185 Å². The van der Waals surface area contributed by atoms with Gasteiger partial charge < -0.3 is 20.8 Å². The standard InChI is InChI=1S/C13H17NO2.C13H19NO/c15-13(16)10-6-8-12(9-7-10)14-11-4-2-1-3-5-11;15-10-11-6-8-13(9-7-11)14-12-4-2-1-3-5-12/h1-5,10,12,14H,6-9H2,(H,15,16);1-5,11,13-15H,6-10H2. The lowest BCUT2D eigenvalue weighted by molar-refractivity contribution is -0.142. The molecule has 0 aromatic heterocycles. The van der Waals surface area contributed by atoms with Crippen LogP contribution in [0.4, 0.5) is 11.4 Å². The smallest absolute Gasteiger partial charge is 0.306 e. The molecule has 2 fully saturated rings. The molecule has 2 aliphatic rings. The van der Waals surface area contributed by atoms with Gasteiger partial charge in [-0.05, 0) is 81.5 Å². The monoisotopic (exact) mass is 424 g/mol. The van der Waals surface area contributed by atoms with Crippen LogP contribution in [0.3, 0.4) is 0 Å². The van der Waals surface area contributed by atoms with Crippen LogP contribution in [0, 0.1) is 11.8 Å². The van der Waals surface area contributed by atoms with Crippen LogP contribution in [-0.2, 0) is 4.79 Å². The number of carbonyl (C=O) groups is 1. The normalized spacial score (nSPS) is 25.6. The minimum atomic E-state index is -0.641. The number of aliphatic hydroxyl groups is 1. The second kappa shape index (κ2) is 12.4. The minimum Gasteiger partial charge on any atom is -0.481 e. The van der Waals surface area contributed by atoms with E-state index in [2.05, 4.69) is 34.9 Å². The molecule has 0 spiro atoms. The summed E-state index contributed by atoms with van der Waals surface area (Å²) in [4.78, 5) is 10.8. The average molecular weight is 425 g/mol.